The SMILES string of the molecule is CCOc1cc(C#N)cc(Br)c1OCC(=O)NCC(O)c1cc(OC)ccc1OC. The van der Waals surface area contributed by atoms with Gasteiger partial charge in [0.25, 0.3) is 5.91 Å². The predicted molar refractivity (Wildman–Crippen MR) is 113 cm³/mol. The van der Waals surface area contributed by atoms with Crippen molar-refractivity contribution in [2.45, 2.75) is 13.0 Å². The third-order valence-electron chi connectivity index (χ3n) is 4.07. The first-order valence-electron chi connectivity index (χ1n) is 9.09. The van der Waals surface area contributed by atoms with Gasteiger partial charge in [-0.05, 0) is 47.1 Å². The Bertz CT molecular complexity index is 928. The smallest absolute Gasteiger partial charge is 0.258 e. The molecule has 0 aliphatic heterocycles. The predicted octanol–water partition coefficient (Wildman–Crippen LogP) is 2.97. The molecule has 2 aromatic carbocycles. The second kappa shape index (κ2) is 11.3. The lowest BCUT2D eigenvalue weighted by Crippen LogP contribution is -2.32. The summed E-state index contributed by atoms with van der Waals surface area (Å²) in [4.78, 5) is 12.2. The molecular weight excluding hydrogens is 456 g/mol. The molecule has 8 nitrogen and oxygen atoms in total. The maximum absolute atomic E-state index is 12.2. The molecule has 1 amide bonds. The Morgan fingerprint density at radius 3 is 2.60 bits per heavy atom. The lowest BCUT2D eigenvalue weighted by atomic mass is 10.1. The van der Waals surface area contributed by atoms with Gasteiger partial charge in [0.1, 0.15) is 11.5 Å². The molecule has 0 aliphatic carbocycles. The summed E-state index contributed by atoms with van der Waals surface area (Å²) >= 11 is 3.33. The number of benzene rings is 2. The minimum absolute atomic E-state index is 0.0431. The molecule has 0 aromatic heterocycles. The number of amides is 1. The summed E-state index contributed by atoms with van der Waals surface area (Å²) in [5, 5.41) is 22.1. The number of nitrogens with one attached hydrogen (secondary N) is 1. The van der Waals surface area contributed by atoms with Gasteiger partial charge in [-0.15, -0.1) is 0 Å². The maximum Gasteiger partial charge on any atom is 0.258 e. The number of nitriles is 1. The molecule has 160 valence electrons. The van der Waals surface area contributed by atoms with Crippen molar-refractivity contribution in [3.8, 4) is 29.1 Å². The average molecular weight is 479 g/mol. The van der Waals surface area contributed by atoms with Crippen LogP contribution in [0.25, 0.3) is 0 Å². The van der Waals surface area contributed by atoms with Gasteiger partial charge in [0, 0.05) is 18.2 Å². The van der Waals surface area contributed by atoms with E-state index in [9.17, 15) is 9.90 Å². The van der Waals surface area contributed by atoms with Crippen LogP contribution in [0.1, 0.15) is 24.2 Å². The summed E-state index contributed by atoms with van der Waals surface area (Å²) in [6.45, 7) is 1.83. The highest BCUT2D eigenvalue weighted by Crippen LogP contribution is 2.36. The average Bonchev–Trinajstić information content (AvgIpc) is 2.76. The van der Waals surface area contributed by atoms with Crippen molar-refractivity contribution in [2.75, 3.05) is 34.0 Å². The highest BCUT2D eigenvalue weighted by molar-refractivity contribution is 9.10. The van der Waals surface area contributed by atoms with E-state index >= 15 is 0 Å². The van der Waals surface area contributed by atoms with Crippen LogP contribution < -0.4 is 24.3 Å². The molecule has 0 aliphatic rings. The molecule has 0 saturated carbocycles. The Morgan fingerprint density at radius 2 is 1.97 bits per heavy atom. The van der Waals surface area contributed by atoms with E-state index in [1.54, 1.807) is 37.3 Å². The molecule has 0 fully saturated rings. The Labute approximate surface area is 183 Å². The lowest BCUT2D eigenvalue weighted by Gasteiger charge is -2.17. The largest absolute Gasteiger partial charge is 0.497 e. The summed E-state index contributed by atoms with van der Waals surface area (Å²) in [5.41, 5.74) is 0.893. The number of methoxy groups -OCH3 is 2. The van der Waals surface area contributed by atoms with Crippen molar-refractivity contribution >= 4 is 21.8 Å². The van der Waals surface area contributed by atoms with E-state index < -0.39 is 12.0 Å². The lowest BCUT2D eigenvalue weighted by molar-refractivity contribution is -0.123. The number of aliphatic hydroxyl groups excluding tert-OH is 1. The van der Waals surface area contributed by atoms with Gasteiger partial charge in [-0.2, -0.15) is 5.26 Å². The Balaban J connectivity index is 2.00. The van der Waals surface area contributed by atoms with E-state index in [0.29, 0.717) is 45.2 Å². The summed E-state index contributed by atoms with van der Waals surface area (Å²) < 4.78 is 22.0. The summed E-state index contributed by atoms with van der Waals surface area (Å²) in [5.74, 6) is 1.29. The molecule has 0 bridgehead atoms. The monoisotopic (exact) mass is 478 g/mol. The van der Waals surface area contributed by atoms with Crippen molar-refractivity contribution in [3.63, 3.8) is 0 Å². The highest BCUT2D eigenvalue weighted by atomic mass is 79.9. The van der Waals surface area contributed by atoms with Crippen LogP contribution in [0.2, 0.25) is 0 Å². The fourth-order valence-corrected chi connectivity index (χ4v) is 3.20. The Hall–Kier alpha value is -2.96. The minimum Gasteiger partial charge on any atom is -0.497 e. The van der Waals surface area contributed by atoms with Crippen LogP contribution in [-0.2, 0) is 4.79 Å². The zero-order valence-electron chi connectivity index (χ0n) is 16.9. The molecular formula is C21H23BrN2O6. The summed E-state index contributed by atoms with van der Waals surface area (Å²) in [7, 11) is 3.02. The van der Waals surface area contributed by atoms with Crippen LogP contribution in [-0.4, -0.2) is 45.0 Å². The molecule has 0 heterocycles. The summed E-state index contributed by atoms with van der Waals surface area (Å²) in [6, 6.07) is 10.2. The number of carbonyl (C=O) groups is 1. The van der Waals surface area contributed by atoms with Gasteiger partial charge in [0.15, 0.2) is 18.1 Å². The molecule has 30 heavy (non-hydrogen) atoms. The standard InChI is InChI=1S/C21H23BrN2O6/c1-4-29-19-8-13(10-23)7-16(22)21(19)30-12-20(26)24-11-17(25)15-9-14(27-2)5-6-18(15)28-3/h5-9,17,25H,4,11-12H2,1-3H3,(H,24,26). The molecule has 0 radical (unpaired) electrons. The van der Waals surface area contributed by atoms with E-state index in [4.69, 9.17) is 24.2 Å². The van der Waals surface area contributed by atoms with Crippen molar-refractivity contribution in [3.05, 3.63) is 45.9 Å². The number of hydrogen-bond acceptors (Lipinski definition) is 7. The first-order chi connectivity index (χ1) is 14.4. The number of aliphatic hydroxyl groups is 1. The molecule has 9 heteroatoms. The number of carbonyl (C=O) groups excluding carboxylic acids is 1. The van der Waals surface area contributed by atoms with E-state index in [0.717, 1.165) is 0 Å². The topological polar surface area (TPSA) is 110 Å². The van der Waals surface area contributed by atoms with E-state index in [-0.39, 0.29) is 13.2 Å². The van der Waals surface area contributed by atoms with Gasteiger partial charge in [-0.1, -0.05) is 0 Å². The highest BCUT2D eigenvalue weighted by Gasteiger charge is 2.17. The van der Waals surface area contributed by atoms with Crippen molar-refractivity contribution in [1.82, 2.24) is 5.32 Å². The molecule has 2 N–H and O–H groups in total. The van der Waals surface area contributed by atoms with E-state index in [1.807, 2.05) is 6.07 Å². The van der Waals surface area contributed by atoms with Gasteiger partial charge >= 0.3 is 0 Å². The molecule has 1 atom stereocenters. The zero-order valence-corrected chi connectivity index (χ0v) is 18.5. The van der Waals surface area contributed by atoms with Crippen molar-refractivity contribution in [1.29, 1.82) is 5.26 Å². The van der Waals surface area contributed by atoms with Gasteiger partial charge < -0.3 is 29.4 Å². The number of hydrogen-bond donors (Lipinski definition) is 2. The molecule has 2 aromatic rings. The first kappa shape index (κ1) is 23.3. The maximum atomic E-state index is 12.2. The van der Waals surface area contributed by atoms with Crippen LogP contribution in [0, 0.1) is 11.3 Å². The molecule has 2 rings (SSSR count). The van der Waals surface area contributed by atoms with Crippen LogP contribution >= 0.6 is 15.9 Å². The number of rotatable bonds is 10. The van der Waals surface area contributed by atoms with Crippen LogP contribution in [0.5, 0.6) is 23.0 Å². The Kier molecular flexibility index (Phi) is 8.77. The normalized spacial score (nSPS) is 11.2. The second-order valence-electron chi connectivity index (χ2n) is 6.05. The molecule has 0 saturated heterocycles. The first-order valence-corrected chi connectivity index (χ1v) is 9.88. The second-order valence-corrected chi connectivity index (χ2v) is 6.90. The molecule has 0 spiro atoms. The van der Waals surface area contributed by atoms with Crippen LogP contribution in [0.15, 0.2) is 34.8 Å². The quantitative estimate of drug-likeness (QED) is 0.539. The van der Waals surface area contributed by atoms with E-state index in [1.165, 1.54) is 14.2 Å². The van der Waals surface area contributed by atoms with E-state index in [2.05, 4.69) is 21.2 Å². The fourth-order valence-electron chi connectivity index (χ4n) is 2.64. The van der Waals surface area contributed by atoms with Gasteiger partial charge in [0.2, 0.25) is 0 Å². The number of halogens is 1. The van der Waals surface area contributed by atoms with Crippen LogP contribution in [0.3, 0.4) is 0 Å². The summed E-state index contributed by atoms with van der Waals surface area (Å²) in [6.07, 6.45) is -1.00. The number of ether oxygens (including phenoxy) is 4. The van der Waals surface area contributed by atoms with Crippen LogP contribution in [0.4, 0.5) is 0 Å². The van der Waals surface area contributed by atoms with Gasteiger partial charge in [-0.25, -0.2) is 0 Å². The third kappa shape index (κ3) is 6.02. The van der Waals surface area contributed by atoms with Gasteiger partial charge in [0.05, 0.1) is 43.0 Å². The Morgan fingerprint density at radius 1 is 1.20 bits per heavy atom. The van der Waals surface area contributed by atoms with Crippen molar-refractivity contribution < 1.29 is 28.8 Å². The fraction of sp³-hybridized carbons (Fsp3) is 0.333. The van der Waals surface area contributed by atoms with Gasteiger partial charge in [-0.3, -0.25) is 4.79 Å². The third-order valence-corrected chi connectivity index (χ3v) is 4.66. The molecule has 1 unspecified atom stereocenters. The van der Waals surface area contributed by atoms with Crippen molar-refractivity contribution in [2.24, 2.45) is 0 Å². The minimum atomic E-state index is -1.00. The number of nitrogens with zero attached hydrogens (tertiary/aromatic N) is 1. The zero-order chi connectivity index (χ0) is 22.1.